The summed E-state index contributed by atoms with van der Waals surface area (Å²) in [5, 5.41) is 13.1. The van der Waals surface area contributed by atoms with Crippen molar-refractivity contribution in [3.63, 3.8) is 0 Å². The van der Waals surface area contributed by atoms with E-state index in [0.29, 0.717) is 16.5 Å². The average Bonchev–Trinajstić information content (AvgIpc) is 3.55. The van der Waals surface area contributed by atoms with Crippen LogP contribution >= 0.6 is 11.3 Å². The van der Waals surface area contributed by atoms with Crippen molar-refractivity contribution >= 4 is 28.6 Å². The van der Waals surface area contributed by atoms with Crippen molar-refractivity contribution in [2.75, 3.05) is 43.5 Å². The zero-order chi connectivity index (χ0) is 22.6. The lowest BCUT2D eigenvalue weighted by molar-refractivity contribution is 0.102. The second-order valence-electron chi connectivity index (χ2n) is 7.50. The van der Waals surface area contributed by atoms with Gasteiger partial charge in [-0.2, -0.15) is 5.10 Å². The van der Waals surface area contributed by atoms with Crippen LogP contribution in [0.2, 0.25) is 0 Å². The van der Waals surface area contributed by atoms with Crippen LogP contribution in [0, 0.1) is 0 Å². The number of amides is 1. The van der Waals surface area contributed by atoms with E-state index in [1.165, 1.54) is 11.3 Å². The van der Waals surface area contributed by atoms with Crippen molar-refractivity contribution in [1.29, 1.82) is 0 Å². The molecular formula is C23H23N7O2S. The molecule has 1 fully saturated rings. The molecule has 1 aliphatic rings. The predicted molar refractivity (Wildman–Crippen MR) is 128 cm³/mol. The Morgan fingerprint density at radius 3 is 2.91 bits per heavy atom. The third-order valence-electron chi connectivity index (χ3n) is 5.41. The number of aromatic nitrogens is 4. The molecule has 0 radical (unpaired) electrons. The molecule has 0 aliphatic carbocycles. The van der Waals surface area contributed by atoms with Gasteiger partial charge < -0.3 is 20.3 Å². The van der Waals surface area contributed by atoms with Crippen molar-refractivity contribution in [1.82, 2.24) is 25.1 Å². The van der Waals surface area contributed by atoms with Gasteiger partial charge in [0.2, 0.25) is 5.13 Å². The number of nitrogens with one attached hydrogen (secondary N) is 2. The van der Waals surface area contributed by atoms with Gasteiger partial charge in [-0.1, -0.05) is 12.1 Å². The summed E-state index contributed by atoms with van der Waals surface area (Å²) >= 11 is 1.36. The summed E-state index contributed by atoms with van der Waals surface area (Å²) in [7, 11) is 1.64. The molecule has 1 aliphatic heterocycles. The molecule has 33 heavy (non-hydrogen) atoms. The largest absolute Gasteiger partial charge is 0.497 e. The van der Waals surface area contributed by atoms with Crippen LogP contribution in [0.4, 0.5) is 11.4 Å². The minimum absolute atomic E-state index is 0.276. The first-order valence-corrected chi connectivity index (χ1v) is 11.5. The summed E-state index contributed by atoms with van der Waals surface area (Å²) in [5.41, 5.74) is 3.91. The second kappa shape index (κ2) is 9.39. The number of piperazine rings is 1. The molecule has 1 aromatic carbocycles. The summed E-state index contributed by atoms with van der Waals surface area (Å²) in [6.07, 6.45) is 7.08. The van der Waals surface area contributed by atoms with E-state index in [4.69, 9.17) is 4.74 Å². The number of hydrogen-bond acceptors (Lipinski definition) is 8. The maximum Gasteiger partial charge on any atom is 0.275 e. The van der Waals surface area contributed by atoms with Crippen molar-refractivity contribution in [2.45, 2.75) is 0 Å². The van der Waals surface area contributed by atoms with Crippen LogP contribution in [0.25, 0.3) is 16.3 Å². The summed E-state index contributed by atoms with van der Waals surface area (Å²) in [5.74, 6) is 0.506. The monoisotopic (exact) mass is 461 g/mol. The van der Waals surface area contributed by atoms with E-state index >= 15 is 0 Å². The Labute approximate surface area is 195 Å². The molecule has 10 heteroatoms. The van der Waals surface area contributed by atoms with E-state index in [0.717, 1.165) is 48.7 Å². The van der Waals surface area contributed by atoms with Gasteiger partial charge in [0.25, 0.3) is 5.91 Å². The fraction of sp³-hybridized carbons (Fsp3) is 0.217. The number of nitrogens with zero attached hydrogens (tertiary/aromatic N) is 5. The van der Waals surface area contributed by atoms with Crippen LogP contribution in [0.1, 0.15) is 10.5 Å². The molecule has 0 bridgehead atoms. The minimum atomic E-state index is -0.276. The molecule has 0 unspecified atom stereocenters. The number of carbonyl (C=O) groups excluding carboxylic acids is 1. The van der Waals surface area contributed by atoms with Gasteiger partial charge in [-0.3, -0.25) is 9.78 Å². The zero-order valence-corrected chi connectivity index (χ0v) is 18.9. The van der Waals surface area contributed by atoms with Gasteiger partial charge in [0.1, 0.15) is 11.4 Å². The SMILES string of the molecule is COc1cccc(-c2cnn(-c3nc(C(=O)Nc4cnccc4N4CCNCC4)cs3)c2)c1. The van der Waals surface area contributed by atoms with Gasteiger partial charge in [-0.15, -0.1) is 11.3 Å². The maximum atomic E-state index is 12.9. The molecule has 2 N–H and O–H groups in total. The summed E-state index contributed by atoms with van der Waals surface area (Å²) in [6, 6.07) is 9.71. The number of rotatable bonds is 6. The molecule has 4 heterocycles. The fourth-order valence-corrected chi connectivity index (χ4v) is 4.44. The highest BCUT2D eigenvalue weighted by atomic mass is 32.1. The lowest BCUT2D eigenvalue weighted by Gasteiger charge is -2.30. The van der Waals surface area contributed by atoms with Crippen molar-refractivity contribution < 1.29 is 9.53 Å². The summed E-state index contributed by atoms with van der Waals surface area (Å²) < 4.78 is 6.97. The van der Waals surface area contributed by atoms with E-state index in [9.17, 15) is 4.79 Å². The lowest BCUT2D eigenvalue weighted by atomic mass is 10.1. The van der Waals surface area contributed by atoms with Gasteiger partial charge in [0.05, 0.1) is 30.9 Å². The van der Waals surface area contributed by atoms with Gasteiger partial charge in [-0.05, 0) is 23.8 Å². The topological polar surface area (TPSA) is 97.2 Å². The molecule has 9 nitrogen and oxygen atoms in total. The van der Waals surface area contributed by atoms with Gasteiger partial charge >= 0.3 is 0 Å². The van der Waals surface area contributed by atoms with E-state index in [-0.39, 0.29) is 5.91 Å². The van der Waals surface area contributed by atoms with Crippen LogP contribution in [-0.2, 0) is 0 Å². The fourth-order valence-electron chi connectivity index (χ4n) is 3.70. The van der Waals surface area contributed by atoms with Gasteiger partial charge in [-0.25, -0.2) is 9.67 Å². The quantitative estimate of drug-likeness (QED) is 0.455. The van der Waals surface area contributed by atoms with Crippen LogP contribution in [0.15, 0.2) is 60.5 Å². The van der Waals surface area contributed by atoms with Gasteiger partial charge in [0, 0.05) is 49.5 Å². The van der Waals surface area contributed by atoms with Gasteiger partial charge in [0.15, 0.2) is 0 Å². The Morgan fingerprint density at radius 2 is 2.06 bits per heavy atom. The lowest BCUT2D eigenvalue weighted by Crippen LogP contribution is -2.43. The van der Waals surface area contributed by atoms with E-state index in [1.54, 1.807) is 35.8 Å². The molecule has 0 atom stereocenters. The standard InChI is InChI=1S/C23H23N7O2S/c1-32-18-4-2-3-16(11-18)17-12-26-30(14-17)23-28-20(15-33-23)22(31)27-19-13-25-6-5-21(19)29-9-7-24-8-10-29/h2-6,11-15,24H,7-10H2,1H3,(H,27,31). The summed E-state index contributed by atoms with van der Waals surface area (Å²) in [4.78, 5) is 23.8. The Kier molecular flexibility index (Phi) is 6.01. The smallest absolute Gasteiger partial charge is 0.275 e. The number of thiazole rings is 1. The first-order chi connectivity index (χ1) is 16.2. The highest BCUT2D eigenvalue weighted by Gasteiger charge is 2.18. The molecular weight excluding hydrogens is 438 g/mol. The number of ether oxygens (including phenoxy) is 1. The van der Waals surface area contributed by atoms with Crippen LogP contribution in [0.3, 0.4) is 0 Å². The normalized spacial score (nSPS) is 13.7. The Hall–Kier alpha value is -3.76. The highest BCUT2D eigenvalue weighted by molar-refractivity contribution is 7.12. The third kappa shape index (κ3) is 4.57. The number of hydrogen-bond donors (Lipinski definition) is 2. The van der Waals surface area contributed by atoms with Crippen molar-refractivity contribution in [3.8, 4) is 22.0 Å². The molecule has 5 rings (SSSR count). The molecule has 1 saturated heterocycles. The average molecular weight is 462 g/mol. The number of methoxy groups -OCH3 is 1. The van der Waals surface area contributed by atoms with E-state index < -0.39 is 0 Å². The Balaban J connectivity index is 1.33. The first kappa shape index (κ1) is 21.1. The second-order valence-corrected chi connectivity index (χ2v) is 8.34. The zero-order valence-electron chi connectivity index (χ0n) is 18.1. The predicted octanol–water partition coefficient (Wildman–Crippen LogP) is 3.06. The number of anilines is 2. The highest BCUT2D eigenvalue weighted by Crippen LogP contribution is 2.27. The van der Waals surface area contributed by atoms with E-state index in [1.807, 2.05) is 36.5 Å². The first-order valence-electron chi connectivity index (χ1n) is 10.6. The number of pyridine rings is 1. The van der Waals surface area contributed by atoms with Crippen LogP contribution < -0.4 is 20.3 Å². The third-order valence-corrected chi connectivity index (χ3v) is 6.24. The Bertz CT molecular complexity index is 1260. The van der Waals surface area contributed by atoms with Crippen molar-refractivity contribution in [2.24, 2.45) is 0 Å². The van der Waals surface area contributed by atoms with Crippen LogP contribution in [-0.4, -0.2) is 58.9 Å². The molecule has 168 valence electrons. The number of benzene rings is 1. The Morgan fingerprint density at radius 1 is 1.18 bits per heavy atom. The molecule has 4 aromatic rings. The molecule has 3 aromatic heterocycles. The molecule has 0 spiro atoms. The molecule has 0 saturated carbocycles. The van der Waals surface area contributed by atoms with Crippen molar-refractivity contribution in [3.05, 3.63) is 66.2 Å². The minimum Gasteiger partial charge on any atom is -0.497 e. The maximum absolute atomic E-state index is 12.9. The summed E-state index contributed by atoms with van der Waals surface area (Å²) in [6.45, 7) is 3.57. The van der Waals surface area contributed by atoms with Crippen LogP contribution in [0.5, 0.6) is 5.75 Å². The molecule has 1 amide bonds. The number of carbonyl (C=O) groups is 1. The van der Waals surface area contributed by atoms with E-state index in [2.05, 4.69) is 30.6 Å².